The lowest BCUT2D eigenvalue weighted by molar-refractivity contribution is -0.0334. The van der Waals surface area contributed by atoms with Gasteiger partial charge < -0.3 is 28.4 Å². The zero-order valence-electron chi connectivity index (χ0n) is 30.4. The van der Waals surface area contributed by atoms with Crippen LogP contribution in [0.25, 0.3) is 0 Å². The number of benzene rings is 4. The fourth-order valence-corrected chi connectivity index (χ4v) is 6.43. The van der Waals surface area contributed by atoms with Gasteiger partial charge in [0, 0.05) is 0 Å². The monoisotopic (exact) mass is 680 g/mol. The van der Waals surface area contributed by atoms with Crippen LogP contribution in [0.2, 0.25) is 0 Å². The molecule has 4 aromatic carbocycles. The standard InChI is InChI=1S/C32H32.C12H24O6/c1-32(2,3)31-14-13-29-20-27-10-5-9-25(18-27)16-23-7-4-8-24(15-23)17-26-11-6-12-28(19-26)21-30(31)22-29;1-2-14-5-6-16-9-10-18-12-11-17-8-7-15-4-3-13-1/h4-15,18-19,22H,16-17,20-21H2,1-3H3;1-12H2. The summed E-state index contributed by atoms with van der Waals surface area (Å²) in [5, 5.41) is 0. The molecule has 0 saturated carbocycles. The first-order chi connectivity index (χ1) is 24.4. The van der Waals surface area contributed by atoms with Gasteiger partial charge in [0.1, 0.15) is 0 Å². The Labute approximate surface area is 300 Å². The first-order valence-corrected chi connectivity index (χ1v) is 18.2. The van der Waals surface area contributed by atoms with E-state index in [1.54, 1.807) is 0 Å². The molecule has 6 heteroatoms. The first-order valence-electron chi connectivity index (χ1n) is 18.2. The van der Waals surface area contributed by atoms with Crippen LogP contribution in [0.3, 0.4) is 0 Å². The van der Waals surface area contributed by atoms with E-state index in [2.05, 4.69) is 112 Å². The summed E-state index contributed by atoms with van der Waals surface area (Å²) in [6.07, 6.45) is 3.92. The van der Waals surface area contributed by atoms with Gasteiger partial charge in [-0.2, -0.15) is 0 Å². The van der Waals surface area contributed by atoms with Gasteiger partial charge in [-0.25, -0.2) is 0 Å². The first kappa shape index (κ1) is 37.9. The molecule has 0 radical (unpaired) electrons. The van der Waals surface area contributed by atoms with E-state index < -0.39 is 0 Å². The van der Waals surface area contributed by atoms with Crippen molar-refractivity contribution in [1.82, 2.24) is 0 Å². The second kappa shape index (κ2) is 20.5. The van der Waals surface area contributed by atoms with Gasteiger partial charge in [0.2, 0.25) is 0 Å². The van der Waals surface area contributed by atoms with Crippen molar-refractivity contribution < 1.29 is 28.4 Å². The highest BCUT2D eigenvalue weighted by molar-refractivity contribution is 5.43. The Morgan fingerprint density at radius 2 is 0.620 bits per heavy atom. The third kappa shape index (κ3) is 13.4. The fourth-order valence-electron chi connectivity index (χ4n) is 6.43. The summed E-state index contributed by atoms with van der Waals surface area (Å²) in [6, 6.07) is 34.6. The topological polar surface area (TPSA) is 55.4 Å². The smallest absolute Gasteiger partial charge is 0.0701 e. The highest BCUT2D eigenvalue weighted by Gasteiger charge is 2.19. The van der Waals surface area contributed by atoms with Crippen LogP contribution >= 0.6 is 0 Å². The quantitative estimate of drug-likeness (QED) is 0.167. The maximum absolute atomic E-state index is 5.33. The maximum Gasteiger partial charge on any atom is 0.0701 e. The molecular formula is C44H56O6. The van der Waals surface area contributed by atoms with Gasteiger partial charge in [-0.15, -0.1) is 0 Å². The number of hydrogen-bond donors (Lipinski definition) is 0. The number of hydrogen-bond acceptors (Lipinski definition) is 6. The molecule has 0 N–H and O–H groups in total. The van der Waals surface area contributed by atoms with Crippen LogP contribution in [0.1, 0.15) is 70.8 Å². The van der Waals surface area contributed by atoms with Crippen molar-refractivity contribution in [2.75, 3.05) is 79.3 Å². The Morgan fingerprint density at radius 1 is 0.340 bits per heavy atom. The maximum atomic E-state index is 5.33. The van der Waals surface area contributed by atoms with Gasteiger partial charge in [0.25, 0.3) is 0 Å². The third-order valence-electron chi connectivity index (χ3n) is 8.80. The van der Waals surface area contributed by atoms with Gasteiger partial charge in [-0.05, 0) is 81.2 Å². The van der Waals surface area contributed by atoms with Crippen molar-refractivity contribution in [2.45, 2.75) is 51.9 Å². The van der Waals surface area contributed by atoms with E-state index in [9.17, 15) is 0 Å². The van der Waals surface area contributed by atoms with E-state index in [1.807, 2.05) is 0 Å². The molecule has 268 valence electrons. The summed E-state index contributed by atoms with van der Waals surface area (Å²) in [4.78, 5) is 0. The van der Waals surface area contributed by atoms with E-state index in [4.69, 9.17) is 28.4 Å². The zero-order chi connectivity index (χ0) is 34.9. The molecular weight excluding hydrogens is 624 g/mol. The predicted octanol–water partition coefficient (Wildman–Crippen LogP) is 7.76. The number of ether oxygens (including phenoxy) is 6. The number of rotatable bonds is 0. The molecule has 1 aliphatic carbocycles. The summed E-state index contributed by atoms with van der Waals surface area (Å²) >= 11 is 0. The SMILES string of the molecule is C1COCCOCCOCCOCCOCCO1.CC(C)(C)c1ccc2cc1Cc1cccc(c1)Cc1cccc(c1)Cc1cccc(c1)C2. The normalized spacial score (nSPS) is 17.3. The summed E-state index contributed by atoms with van der Waals surface area (Å²) in [5.41, 5.74) is 12.8. The van der Waals surface area contributed by atoms with Gasteiger partial charge in [0.05, 0.1) is 79.3 Å². The van der Waals surface area contributed by atoms with Gasteiger partial charge in [0.15, 0.2) is 0 Å². The summed E-state index contributed by atoms with van der Waals surface area (Å²) in [7, 11) is 0. The molecule has 1 fully saturated rings. The van der Waals surface area contributed by atoms with Crippen molar-refractivity contribution in [2.24, 2.45) is 0 Å². The molecule has 0 aromatic heterocycles. The van der Waals surface area contributed by atoms with Crippen molar-refractivity contribution in [1.29, 1.82) is 0 Å². The number of fused-ring (bicyclic) bond motifs is 8. The van der Waals surface area contributed by atoms with E-state index in [0.29, 0.717) is 79.3 Å². The largest absolute Gasteiger partial charge is 0.377 e. The van der Waals surface area contributed by atoms with Crippen molar-refractivity contribution in [3.8, 4) is 0 Å². The van der Waals surface area contributed by atoms with Gasteiger partial charge >= 0.3 is 0 Å². The van der Waals surface area contributed by atoms with Crippen LogP contribution in [0, 0.1) is 0 Å². The van der Waals surface area contributed by atoms with E-state index in [1.165, 1.54) is 50.1 Å². The summed E-state index contributed by atoms with van der Waals surface area (Å²) in [5.74, 6) is 0. The van der Waals surface area contributed by atoms with Crippen molar-refractivity contribution in [3.63, 3.8) is 0 Å². The van der Waals surface area contributed by atoms with Crippen LogP contribution in [-0.4, -0.2) is 79.3 Å². The van der Waals surface area contributed by atoms with Crippen LogP contribution in [0.15, 0.2) is 91.0 Å². The highest BCUT2D eigenvalue weighted by Crippen LogP contribution is 2.30. The Morgan fingerprint density at radius 3 is 0.920 bits per heavy atom. The Balaban J connectivity index is 0.000000231. The predicted molar refractivity (Wildman–Crippen MR) is 201 cm³/mol. The van der Waals surface area contributed by atoms with E-state index >= 15 is 0 Å². The van der Waals surface area contributed by atoms with Crippen LogP contribution in [0.4, 0.5) is 0 Å². The average molecular weight is 681 g/mol. The zero-order valence-corrected chi connectivity index (χ0v) is 30.4. The molecule has 2 aliphatic rings. The fraction of sp³-hybridized carbons (Fsp3) is 0.455. The Bertz CT molecular complexity index is 1500. The minimum Gasteiger partial charge on any atom is -0.377 e. The molecule has 1 saturated heterocycles. The van der Waals surface area contributed by atoms with Gasteiger partial charge in [-0.1, -0.05) is 112 Å². The Kier molecular flexibility index (Phi) is 15.5. The van der Waals surface area contributed by atoms with E-state index in [0.717, 1.165) is 25.7 Å². The van der Waals surface area contributed by atoms with E-state index in [-0.39, 0.29) is 5.41 Å². The van der Waals surface area contributed by atoms with Crippen molar-refractivity contribution >= 4 is 0 Å². The molecule has 4 aromatic rings. The second-order valence-corrected chi connectivity index (χ2v) is 14.1. The molecule has 1 aliphatic heterocycles. The van der Waals surface area contributed by atoms with Gasteiger partial charge in [-0.3, -0.25) is 0 Å². The molecule has 1 heterocycles. The second-order valence-electron chi connectivity index (χ2n) is 14.1. The minimum atomic E-state index is 0.132. The summed E-state index contributed by atoms with van der Waals surface area (Å²) < 4.78 is 32.0. The van der Waals surface area contributed by atoms with Crippen molar-refractivity contribution in [3.05, 3.63) is 141 Å². The highest BCUT2D eigenvalue weighted by atomic mass is 16.6. The molecule has 0 spiro atoms. The molecule has 50 heavy (non-hydrogen) atoms. The molecule has 6 rings (SSSR count). The lowest BCUT2D eigenvalue weighted by Crippen LogP contribution is -2.16. The lowest BCUT2D eigenvalue weighted by atomic mass is 9.81. The minimum absolute atomic E-state index is 0.132. The molecule has 0 atom stereocenters. The molecule has 8 bridgehead atoms. The third-order valence-corrected chi connectivity index (χ3v) is 8.80. The Hall–Kier alpha value is -3.36. The van der Waals surface area contributed by atoms with Crippen LogP contribution < -0.4 is 0 Å². The molecule has 6 nitrogen and oxygen atoms in total. The van der Waals surface area contributed by atoms with Crippen LogP contribution in [0.5, 0.6) is 0 Å². The lowest BCUT2D eigenvalue weighted by Gasteiger charge is -2.24. The van der Waals surface area contributed by atoms with Crippen LogP contribution in [-0.2, 0) is 59.5 Å². The average Bonchev–Trinajstić information content (AvgIpc) is 3.08. The molecule has 0 amide bonds. The molecule has 0 unspecified atom stereocenters. The summed E-state index contributed by atoms with van der Waals surface area (Å²) in [6.45, 7) is 14.0.